The topological polar surface area (TPSA) is 27.6 Å². The first-order chi connectivity index (χ1) is 14.9. The molecule has 3 aromatic carbocycles. The van der Waals surface area contributed by atoms with Crippen LogP contribution in [0.1, 0.15) is 38.8 Å². The fraction of sp³-hybridized carbons (Fsp3) is 0.296. The predicted molar refractivity (Wildman–Crippen MR) is 138 cm³/mol. The molecule has 0 aromatic heterocycles. The van der Waals surface area contributed by atoms with Gasteiger partial charge in [-0.2, -0.15) is 0 Å². The van der Waals surface area contributed by atoms with E-state index in [1.807, 2.05) is 0 Å². The fourth-order valence-corrected chi connectivity index (χ4v) is 5.82. The van der Waals surface area contributed by atoms with Crippen molar-refractivity contribution < 1.29 is 0 Å². The Morgan fingerprint density at radius 3 is 1.58 bits per heavy atom. The van der Waals surface area contributed by atoms with Crippen LogP contribution in [0.5, 0.6) is 0 Å². The van der Waals surface area contributed by atoms with Crippen molar-refractivity contribution in [2.45, 2.75) is 52.9 Å². The maximum absolute atomic E-state index is 5.26. The molecule has 0 spiro atoms. The van der Waals surface area contributed by atoms with Gasteiger partial charge in [-0.05, 0) is 68.6 Å². The van der Waals surface area contributed by atoms with Gasteiger partial charge in [-0.1, -0.05) is 82.3 Å². The van der Waals surface area contributed by atoms with Gasteiger partial charge in [0.05, 0.1) is 5.69 Å². The molecule has 3 aromatic rings. The van der Waals surface area contributed by atoms with Gasteiger partial charge in [0.15, 0.2) is 0 Å². The number of hydrogen-bond acceptors (Lipinski definition) is 1. The van der Waals surface area contributed by atoms with E-state index in [-0.39, 0.29) is 0 Å². The Bertz CT molecular complexity index is 930. The molecule has 31 heavy (non-hydrogen) atoms. The molecular formula is C27H34N3P. The summed E-state index contributed by atoms with van der Waals surface area (Å²) in [6.45, 7) is 13.4. The standard InChI is InChI=1S/C27H34N3P/c1-20(2)31(21(3)4)29-27(28-26-22(5)14-13-15-23(26)6)30(24-16-9-7-10-17-24)25-18-11-8-12-19-25/h7-21H,1-6H3,(H,28,29). The number of hydrogen-bond donors (Lipinski definition) is 1. The molecule has 3 rings (SSSR count). The van der Waals surface area contributed by atoms with Gasteiger partial charge in [-0.25, -0.2) is 4.99 Å². The lowest BCUT2D eigenvalue weighted by molar-refractivity contribution is 0.986. The van der Waals surface area contributed by atoms with E-state index in [0.717, 1.165) is 23.0 Å². The minimum Gasteiger partial charge on any atom is -0.334 e. The van der Waals surface area contributed by atoms with Gasteiger partial charge in [0.1, 0.15) is 0 Å². The molecule has 0 aliphatic carbocycles. The van der Waals surface area contributed by atoms with E-state index >= 15 is 0 Å². The predicted octanol–water partition coefficient (Wildman–Crippen LogP) is 7.93. The molecule has 162 valence electrons. The largest absolute Gasteiger partial charge is 0.334 e. The van der Waals surface area contributed by atoms with Crippen molar-refractivity contribution in [2.24, 2.45) is 4.99 Å². The molecule has 1 N–H and O–H groups in total. The smallest absolute Gasteiger partial charge is 0.211 e. The number of aryl methyl sites for hydroxylation is 2. The Labute approximate surface area is 189 Å². The maximum atomic E-state index is 5.26. The third-order valence-electron chi connectivity index (χ3n) is 5.24. The van der Waals surface area contributed by atoms with Crippen LogP contribution in [0.4, 0.5) is 17.1 Å². The molecule has 0 aliphatic rings. The molecule has 0 radical (unpaired) electrons. The quantitative estimate of drug-likeness (QED) is 0.244. The molecule has 0 fully saturated rings. The van der Waals surface area contributed by atoms with E-state index in [4.69, 9.17) is 4.99 Å². The minimum absolute atomic E-state index is 0.469. The zero-order valence-corrected chi connectivity index (χ0v) is 20.4. The third kappa shape index (κ3) is 5.74. The third-order valence-corrected chi connectivity index (χ3v) is 7.92. The summed E-state index contributed by atoms with van der Waals surface area (Å²) in [6, 6.07) is 27.3. The van der Waals surface area contributed by atoms with Crippen molar-refractivity contribution >= 4 is 31.1 Å². The van der Waals surface area contributed by atoms with E-state index in [2.05, 4.69) is 130 Å². The van der Waals surface area contributed by atoms with Crippen LogP contribution in [0, 0.1) is 13.8 Å². The van der Waals surface area contributed by atoms with Crippen molar-refractivity contribution in [3.63, 3.8) is 0 Å². The first-order valence-electron chi connectivity index (χ1n) is 11.0. The maximum Gasteiger partial charge on any atom is 0.211 e. The van der Waals surface area contributed by atoms with Crippen LogP contribution in [0.3, 0.4) is 0 Å². The van der Waals surface area contributed by atoms with Gasteiger partial charge >= 0.3 is 0 Å². The highest BCUT2D eigenvalue weighted by atomic mass is 31.1. The highest BCUT2D eigenvalue weighted by molar-refractivity contribution is 7.57. The van der Waals surface area contributed by atoms with Crippen LogP contribution in [0.2, 0.25) is 0 Å². The van der Waals surface area contributed by atoms with Crippen molar-refractivity contribution in [1.82, 2.24) is 5.09 Å². The van der Waals surface area contributed by atoms with Gasteiger partial charge in [0, 0.05) is 11.4 Å². The number of guanidine groups is 1. The normalized spacial score (nSPS) is 12.0. The molecule has 0 bridgehead atoms. The molecule has 3 nitrogen and oxygen atoms in total. The van der Waals surface area contributed by atoms with Crippen molar-refractivity contribution in [1.29, 1.82) is 0 Å². The monoisotopic (exact) mass is 431 g/mol. The van der Waals surface area contributed by atoms with Crippen LogP contribution in [0.25, 0.3) is 0 Å². The van der Waals surface area contributed by atoms with Gasteiger partial charge in [0.25, 0.3) is 0 Å². The van der Waals surface area contributed by atoms with E-state index in [1.165, 1.54) is 11.1 Å². The molecule has 0 saturated carbocycles. The van der Waals surface area contributed by atoms with Crippen molar-refractivity contribution in [2.75, 3.05) is 4.90 Å². The average Bonchev–Trinajstić information content (AvgIpc) is 2.75. The molecule has 0 heterocycles. The van der Waals surface area contributed by atoms with Gasteiger partial charge in [-0.15, -0.1) is 0 Å². The summed E-state index contributed by atoms with van der Waals surface area (Å²) in [6.07, 6.45) is 0. The summed E-state index contributed by atoms with van der Waals surface area (Å²) in [7, 11) is -0.469. The van der Waals surface area contributed by atoms with E-state index in [1.54, 1.807) is 0 Å². The second-order valence-electron chi connectivity index (χ2n) is 8.39. The second kappa shape index (κ2) is 10.6. The average molecular weight is 432 g/mol. The Kier molecular flexibility index (Phi) is 7.87. The summed E-state index contributed by atoms with van der Waals surface area (Å²) >= 11 is 0. The van der Waals surface area contributed by atoms with E-state index in [9.17, 15) is 0 Å². The van der Waals surface area contributed by atoms with Crippen molar-refractivity contribution in [3.8, 4) is 0 Å². The number of aliphatic imine (C=N–C) groups is 1. The van der Waals surface area contributed by atoms with Gasteiger partial charge in [-0.3, -0.25) is 4.90 Å². The number of benzene rings is 3. The van der Waals surface area contributed by atoms with E-state index < -0.39 is 8.07 Å². The summed E-state index contributed by atoms with van der Waals surface area (Å²) in [5, 5.41) is 3.89. The minimum atomic E-state index is -0.469. The van der Waals surface area contributed by atoms with Gasteiger partial charge in [0.2, 0.25) is 5.96 Å². The second-order valence-corrected chi connectivity index (χ2v) is 11.5. The summed E-state index contributed by atoms with van der Waals surface area (Å²) in [5.74, 6) is 0.878. The molecule has 0 unspecified atom stereocenters. The Morgan fingerprint density at radius 1 is 0.710 bits per heavy atom. The number of nitrogens with one attached hydrogen (secondary N) is 1. The first kappa shape index (κ1) is 23.0. The summed E-state index contributed by atoms with van der Waals surface area (Å²) < 4.78 is 0. The molecule has 0 saturated heterocycles. The van der Waals surface area contributed by atoms with Crippen LogP contribution >= 0.6 is 8.07 Å². The number of para-hydroxylation sites is 3. The fourth-order valence-electron chi connectivity index (χ4n) is 3.73. The summed E-state index contributed by atoms with van der Waals surface area (Å²) in [5.41, 5.74) is 6.64. The molecule has 4 heteroatoms. The highest BCUT2D eigenvalue weighted by Crippen LogP contribution is 2.43. The molecule has 0 atom stereocenters. The lowest BCUT2D eigenvalue weighted by Gasteiger charge is -2.33. The first-order valence-corrected chi connectivity index (χ1v) is 12.5. The lowest BCUT2D eigenvalue weighted by atomic mass is 10.1. The Balaban J connectivity index is 2.22. The molecule has 0 amide bonds. The zero-order valence-electron chi connectivity index (χ0n) is 19.5. The lowest BCUT2D eigenvalue weighted by Crippen LogP contribution is -2.38. The van der Waals surface area contributed by atoms with Crippen LogP contribution in [-0.4, -0.2) is 17.3 Å². The zero-order chi connectivity index (χ0) is 22.4. The van der Waals surface area contributed by atoms with E-state index in [0.29, 0.717) is 11.3 Å². The Morgan fingerprint density at radius 2 is 1.16 bits per heavy atom. The van der Waals surface area contributed by atoms with Gasteiger partial charge < -0.3 is 5.09 Å². The summed E-state index contributed by atoms with van der Waals surface area (Å²) in [4.78, 5) is 7.51. The SMILES string of the molecule is Cc1cccc(C)c1/N=C(/NP(C(C)C)C(C)C)N(c1ccccc1)c1ccccc1. The molecule has 0 aliphatic heterocycles. The number of anilines is 2. The highest BCUT2D eigenvalue weighted by Gasteiger charge is 2.24. The van der Waals surface area contributed by atoms with Crippen LogP contribution in [0.15, 0.2) is 83.9 Å². The number of rotatable bonds is 6. The Hall–Kier alpha value is -2.64. The number of nitrogens with zero attached hydrogens (tertiary/aromatic N) is 2. The molecular weight excluding hydrogens is 397 g/mol. The van der Waals surface area contributed by atoms with Crippen LogP contribution in [-0.2, 0) is 0 Å². The van der Waals surface area contributed by atoms with Crippen molar-refractivity contribution in [3.05, 3.63) is 90.0 Å². The van der Waals surface area contributed by atoms with Crippen LogP contribution < -0.4 is 9.99 Å².